The minimum Gasteiger partial charge on any atom is -0.501 e. The molecule has 42 heavy (non-hydrogen) atoms. The zero-order chi connectivity index (χ0) is 27.6. The minimum absolute atomic E-state index is 0. The van der Waals surface area contributed by atoms with Crippen LogP contribution in [0.4, 0.5) is 0 Å². The van der Waals surface area contributed by atoms with Crippen LogP contribution < -0.4 is 0 Å². The van der Waals surface area contributed by atoms with Gasteiger partial charge in [-0.3, -0.25) is 4.98 Å². The Bertz CT molecular complexity index is 2070. The van der Waals surface area contributed by atoms with E-state index in [1.165, 1.54) is 0 Å². The van der Waals surface area contributed by atoms with Crippen LogP contribution in [0.1, 0.15) is 5.56 Å². The summed E-state index contributed by atoms with van der Waals surface area (Å²) in [7, 11) is 0. The van der Waals surface area contributed by atoms with Crippen molar-refractivity contribution in [2.24, 2.45) is 0 Å². The molecule has 0 aliphatic carbocycles. The van der Waals surface area contributed by atoms with Crippen molar-refractivity contribution in [1.29, 1.82) is 0 Å². The number of imidazole rings is 1. The number of nitrogens with zero attached hydrogens (tertiary/aromatic N) is 4. The molecule has 8 rings (SSSR count). The first-order valence-corrected chi connectivity index (χ1v) is 13.4. The van der Waals surface area contributed by atoms with Gasteiger partial charge in [0.1, 0.15) is 5.58 Å². The first-order valence-electron chi connectivity index (χ1n) is 13.4. The van der Waals surface area contributed by atoms with Crippen molar-refractivity contribution in [3.8, 4) is 28.3 Å². The summed E-state index contributed by atoms with van der Waals surface area (Å²) < 4.78 is 8.40. The number of furan rings is 1. The molecular weight excluding hydrogens is 697 g/mol. The Balaban J connectivity index is 0.000000205. The number of aryl methyl sites for hydroxylation is 1. The van der Waals surface area contributed by atoms with Crippen LogP contribution in [0.2, 0.25) is 0 Å². The Morgan fingerprint density at radius 1 is 0.690 bits per heavy atom. The average Bonchev–Trinajstić information content (AvgIpc) is 3.62. The van der Waals surface area contributed by atoms with Crippen molar-refractivity contribution in [2.75, 3.05) is 0 Å². The summed E-state index contributed by atoms with van der Waals surface area (Å²) in [6.07, 6.45) is 3.59. The van der Waals surface area contributed by atoms with E-state index < -0.39 is 0 Å². The van der Waals surface area contributed by atoms with Gasteiger partial charge in [0.25, 0.3) is 0 Å². The van der Waals surface area contributed by atoms with Crippen LogP contribution in [0.25, 0.3) is 61.4 Å². The maximum Gasteiger partial charge on any atom is 0.168 e. The number of hydrogen-bond donors (Lipinski definition) is 0. The van der Waals surface area contributed by atoms with Gasteiger partial charge in [0.05, 0.1) is 16.9 Å². The van der Waals surface area contributed by atoms with E-state index in [1.807, 2.05) is 97.1 Å². The van der Waals surface area contributed by atoms with Crippen molar-refractivity contribution in [3.05, 3.63) is 145 Å². The second kappa shape index (κ2) is 11.9. The third-order valence-corrected chi connectivity index (χ3v) is 6.98. The molecule has 1 radical (unpaired) electrons. The smallest absolute Gasteiger partial charge is 0.168 e. The third-order valence-electron chi connectivity index (χ3n) is 6.98. The molecule has 6 heteroatoms. The van der Waals surface area contributed by atoms with E-state index in [4.69, 9.17) is 9.40 Å². The van der Waals surface area contributed by atoms with Gasteiger partial charge in [-0.1, -0.05) is 59.5 Å². The topological polar surface area (TPSA) is 56.7 Å². The van der Waals surface area contributed by atoms with Crippen molar-refractivity contribution in [2.45, 2.75) is 6.92 Å². The molecule has 5 nitrogen and oxygen atoms in total. The number of aromatic nitrogens is 4. The Hall–Kier alpha value is -4.90. The largest absolute Gasteiger partial charge is 0.501 e. The molecule has 0 unspecified atom stereocenters. The van der Waals surface area contributed by atoms with Crippen LogP contribution in [0.5, 0.6) is 0 Å². The number of benzene rings is 4. The van der Waals surface area contributed by atoms with Gasteiger partial charge in [0, 0.05) is 43.6 Å². The SMILES string of the molecule is Cc1ccnc2nc(-c3[c-]ccc4c3oc3ccccc34)n(-c3ccccc3)c12.[Ir].[c-]1ccccc1-c1ccccn1. The van der Waals surface area contributed by atoms with Gasteiger partial charge in [0.15, 0.2) is 5.65 Å². The van der Waals surface area contributed by atoms with Crippen molar-refractivity contribution in [1.82, 2.24) is 19.5 Å². The maximum absolute atomic E-state index is 6.25. The molecule has 0 spiro atoms. The second-order valence-corrected chi connectivity index (χ2v) is 9.59. The Labute approximate surface area is 256 Å². The number of pyridine rings is 2. The third kappa shape index (κ3) is 5.03. The Morgan fingerprint density at radius 2 is 1.50 bits per heavy atom. The summed E-state index contributed by atoms with van der Waals surface area (Å²) in [4.78, 5) is 13.6. The molecule has 0 fully saturated rings. The molecular formula is C36H24IrN4O-2. The molecule has 0 saturated heterocycles. The summed E-state index contributed by atoms with van der Waals surface area (Å²) in [5, 5.41) is 2.15. The van der Waals surface area contributed by atoms with Gasteiger partial charge < -0.3 is 14.0 Å². The van der Waals surface area contributed by atoms with Gasteiger partial charge in [-0.2, -0.15) is 0 Å². The summed E-state index contributed by atoms with van der Waals surface area (Å²) in [5.74, 6) is 0.776. The van der Waals surface area contributed by atoms with Gasteiger partial charge >= 0.3 is 0 Å². The fourth-order valence-corrected chi connectivity index (χ4v) is 5.08. The monoisotopic (exact) mass is 721 g/mol. The van der Waals surface area contributed by atoms with Crippen LogP contribution in [-0.4, -0.2) is 19.5 Å². The van der Waals surface area contributed by atoms with Crippen LogP contribution in [-0.2, 0) is 20.1 Å². The summed E-state index contributed by atoms with van der Waals surface area (Å²) >= 11 is 0. The molecule has 0 N–H and O–H groups in total. The maximum atomic E-state index is 6.25. The number of hydrogen-bond acceptors (Lipinski definition) is 4. The van der Waals surface area contributed by atoms with Gasteiger partial charge in [-0.15, -0.1) is 54.1 Å². The van der Waals surface area contributed by atoms with E-state index in [-0.39, 0.29) is 20.1 Å². The average molecular weight is 721 g/mol. The first kappa shape index (κ1) is 27.3. The zero-order valence-electron chi connectivity index (χ0n) is 22.7. The van der Waals surface area contributed by atoms with Gasteiger partial charge in [-0.25, -0.2) is 4.98 Å². The minimum atomic E-state index is 0. The van der Waals surface area contributed by atoms with Crippen LogP contribution in [0, 0.1) is 19.1 Å². The first-order chi connectivity index (χ1) is 20.3. The predicted octanol–water partition coefficient (Wildman–Crippen LogP) is 8.64. The van der Waals surface area contributed by atoms with Crippen LogP contribution >= 0.6 is 0 Å². The number of fused-ring (bicyclic) bond motifs is 4. The van der Waals surface area contributed by atoms with Gasteiger partial charge in [-0.05, 0) is 48.5 Å². The zero-order valence-corrected chi connectivity index (χ0v) is 25.0. The van der Waals surface area contributed by atoms with E-state index in [9.17, 15) is 0 Å². The van der Waals surface area contributed by atoms with Crippen molar-refractivity contribution in [3.63, 3.8) is 0 Å². The van der Waals surface area contributed by atoms with Gasteiger partial charge in [0.2, 0.25) is 0 Å². The molecule has 4 aromatic heterocycles. The summed E-state index contributed by atoms with van der Waals surface area (Å²) in [5.41, 5.74) is 8.35. The molecule has 0 aliphatic heterocycles. The van der Waals surface area contributed by atoms with E-state index in [2.05, 4.69) is 51.8 Å². The second-order valence-electron chi connectivity index (χ2n) is 9.59. The predicted molar refractivity (Wildman–Crippen MR) is 164 cm³/mol. The standard InChI is InChI=1S/C25H16N3O.C11H8N.Ir/c1-16-14-15-26-24-22(16)28(17-8-3-2-4-9-17)25(27-24)20-12-7-11-19-18-10-5-6-13-21(18)29-23(19)20;1-2-6-10(7-3-1)11-8-4-5-9-12-11;/h2-11,13-15H,1H3;1-6,8-9H;/q2*-1;. The molecule has 0 aliphatic rings. The molecule has 0 saturated carbocycles. The fraction of sp³-hybridized carbons (Fsp3) is 0.0278. The van der Waals surface area contributed by atoms with Crippen LogP contribution in [0.15, 0.2) is 132 Å². The molecule has 4 heterocycles. The van der Waals surface area contributed by atoms with E-state index in [0.29, 0.717) is 5.65 Å². The van der Waals surface area contributed by atoms with E-state index in [1.54, 1.807) is 12.4 Å². The summed E-state index contributed by atoms with van der Waals surface area (Å²) in [6, 6.07) is 44.5. The van der Waals surface area contributed by atoms with E-state index in [0.717, 1.165) is 61.4 Å². The quantitative estimate of drug-likeness (QED) is 0.172. The van der Waals surface area contributed by atoms with Crippen molar-refractivity contribution < 1.29 is 24.5 Å². The molecule has 0 amide bonds. The normalized spacial score (nSPS) is 10.8. The number of para-hydroxylation sites is 2. The Morgan fingerprint density at radius 3 is 2.31 bits per heavy atom. The molecule has 0 atom stereocenters. The Kier molecular flexibility index (Phi) is 7.74. The fourth-order valence-electron chi connectivity index (χ4n) is 5.08. The summed E-state index contributed by atoms with van der Waals surface area (Å²) in [6.45, 7) is 2.08. The molecule has 205 valence electrons. The molecule has 4 aromatic carbocycles. The number of rotatable bonds is 3. The van der Waals surface area contributed by atoms with E-state index >= 15 is 0 Å². The molecule has 0 bridgehead atoms. The molecule has 8 aromatic rings. The van der Waals surface area contributed by atoms with Crippen molar-refractivity contribution >= 4 is 33.1 Å². The van der Waals surface area contributed by atoms with Crippen LogP contribution in [0.3, 0.4) is 0 Å².